The monoisotopic (exact) mass is 528 g/mol. The van der Waals surface area contributed by atoms with Crippen LogP contribution in [0.3, 0.4) is 0 Å². The Morgan fingerprint density at radius 3 is 2.27 bits per heavy atom. The molecule has 196 valence electrons. The number of piperidine rings is 1. The van der Waals surface area contributed by atoms with E-state index >= 15 is 0 Å². The second-order valence-electron chi connectivity index (χ2n) is 9.56. The largest absolute Gasteiger partial charge is 0.493 e. The third-order valence-electron chi connectivity index (χ3n) is 6.60. The Bertz CT molecular complexity index is 1300. The molecule has 1 saturated heterocycles. The van der Waals surface area contributed by atoms with Crippen molar-refractivity contribution in [1.82, 2.24) is 9.21 Å². The number of halogens is 2. The van der Waals surface area contributed by atoms with Gasteiger partial charge in [-0.25, -0.2) is 17.2 Å². The van der Waals surface area contributed by atoms with Gasteiger partial charge in [0.25, 0.3) is 0 Å². The Balaban J connectivity index is 1.58. The summed E-state index contributed by atoms with van der Waals surface area (Å²) in [7, 11) is -2.48. The number of benzene rings is 3. The molecule has 0 N–H and O–H groups in total. The highest BCUT2D eigenvalue weighted by Gasteiger charge is 2.43. The highest BCUT2D eigenvalue weighted by atomic mass is 32.2. The maximum atomic E-state index is 13.8. The summed E-state index contributed by atoms with van der Waals surface area (Å²) in [5.41, 5.74) is 0.156. The number of rotatable bonds is 9. The molecule has 3 aromatic carbocycles. The quantitative estimate of drug-likeness (QED) is 0.398. The standard InChI is InChI=1S/C28H30F2N2O4S/c1-31(19-22-9-4-2-5-10-22)27(33)18-28(21-36-25-11-6-3-7-12-25)13-8-14-32(20-28)37(34,35)26-16-23(29)15-24(30)17-26/h2-7,9-12,15-17H,8,13-14,18-21H2,1H3/t28-/m1/s1. The van der Waals surface area contributed by atoms with Crippen LogP contribution in [0.5, 0.6) is 5.75 Å². The Kier molecular flexibility index (Phi) is 8.24. The molecule has 0 bridgehead atoms. The van der Waals surface area contributed by atoms with Crippen LogP contribution >= 0.6 is 0 Å². The molecule has 1 heterocycles. The van der Waals surface area contributed by atoms with Crippen LogP contribution in [0, 0.1) is 17.0 Å². The van der Waals surface area contributed by atoms with Crippen molar-refractivity contribution in [2.24, 2.45) is 5.41 Å². The van der Waals surface area contributed by atoms with Gasteiger partial charge in [-0.1, -0.05) is 48.5 Å². The number of nitrogens with zero attached hydrogens (tertiary/aromatic N) is 2. The molecule has 1 atom stereocenters. The summed E-state index contributed by atoms with van der Waals surface area (Å²) in [6.07, 6.45) is 1.10. The topological polar surface area (TPSA) is 66.9 Å². The molecule has 4 rings (SSSR count). The molecule has 3 aromatic rings. The van der Waals surface area contributed by atoms with Gasteiger partial charge in [0.05, 0.1) is 11.5 Å². The first-order chi connectivity index (χ1) is 17.7. The van der Waals surface area contributed by atoms with E-state index in [1.54, 1.807) is 24.1 Å². The molecule has 37 heavy (non-hydrogen) atoms. The fourth-order valence-electron chi connectivity index (χ4n) is 4.66. The SMILES string of the molecule is CN(Cc1ccccc1)C(=O)C[C@]1(COc2ccccc2)CCCN(S(=O)(=O)c2cc(F)cc(F)c2)C1. The number of amides is 1. The number of ether oxygens (including phenoxy) is 1. The first-order valence-corrected chi connectivity index (χ1v) is 13.5. The van der Waals surface area contributed by atoms with Crippen LogP contribution in [0.1, 0.15) is 24.8 Å². The van der Waals surface area contributed by atoms with Gasteiger partial charge in [0.15, 0.2) is 0 Å². The predicted molar refractivity (Wildman–Crippen MR) is 136 cm³/mol. The fourth-order valence-corrected chi connectivity index (χ4v) is 6.30. The molecule has 0 aromatic heterocycles. The van der Waals surface area contributed by atoms with Gasteiger partial charge in [-0.3, -0.25) is 4.79 Å². The third kappa shape index (κ3) is 6.72. The van der Waals surface area contributed by atoms with E-state index in [0.717, 1.165) is 17.7 Å². The molecule has 0 saturated carbocycles. The maximum absolute atomic E-state index is 13.8. The molecule has 0 aliphatic carbocycles. The predicted octanol–water partition coefficient (Wildman–Crippen LogP) is 4.86. The molecule has 1 fully saturated rings. The first-order valence-electron chi connectivity index (χ1n) is 12.1. The Labute approximate surface area is 216 Å². The van der Waals surface area contributed by atoms with E-state index in [1.165, 1.54) is 4.31 Å². The van der Waals surface area contributed by atoms with Crippen molar-refractivity contribution in [1.29, 1.82) is 0 Å². The van der Waals surface area contributed by atoms with Gasteiger partial charge >= 0.3 is 0 Å². The highest BCUT2D eigenvalue weighted by Crippen LogP contribution is 2.37. The van der Waals surface area contributed by atoms with Crippen LogP contribution in [0.2, 0.25) is 0 Å². The van der Waals surface area contributed by atoms with E-state index in [2.05, 4.69) is 0 Å². The van der Waals surface area contributed by atoms with Gasteiger partial charge in [-0.15, -0.1) is 0 Å². The summed E-state index contributed by atoms with van der Waals surface area (Å²) in [6.45, 7) is 0.707. The number of hydrogen-bond acceptors (Lipinski definition) is 4. The van der Waals surface area contributed by atoms with E-state index in [0.29, 0.717) is 31.2 Å². The van der Waals surface area contributed by atoms with Gasteiger partial charge in [0, 0.05) is 44.6 Å². The van der Waals surface area contributed by atoms with Crippen molar-refractivity contribution in [2.45, 2.75) is 30.7 Å². The van der Waals surface area contributed by atoms with Gasteiger partial charge in [0.1, 0.15) is 17.4 Å². The summed E-state index contributed by atoms with van der Waals surface area (Å²) in [6, 6.07) is 21.0. The summed E-state index contributed by atoms with van der Waals surface area (Å²) in [4.78, 5) is 14.5. The number of carbonyl (C=O) groups is 1. The second kappa shape index (κ2) is 11.4. The smallest absolute Gasteiger partial charge is 0.243 e. The Morgan fingerprint density at radius 2 is 1.62 bits per heavy atom. The summed E-state index contributed by atoms with van der Waals surface area (Å²) in [5, 5.41) is 0. The van der Waals surface area contributed by atoms with Crippen LogP contribution in [0.25, 0.3) is 0 Å². The van der Waals surface area contributed by atoms with Crippen molar-refractivity contribution in [3.8, 4) is 5.75 Å². The van der Waals surface area contributed by atoms with Gasteiger partial charge < -0.3 is 9.64 Å². The minimum absolute atomic E-state index is 0.00871. The minimum Gasteiger partial charge on any atom is -0.493 e. The molecule has 0 spiro atoms. The Morgan fingerprint density at radius 1 is 1.00 bits per heavy atom. The van der Waals surface area contributed by atoms with E-state index in [1.807, 2.05) is 48.5 Å². The van der Waals surface area contributed by atoms with Crippen LogP contribution in [-0.2, 0) is 21.4 Å². The van der Waals surface area contributed by atoms with E-state index in [-0.39, 0.29) is 32.0 Å². The van der Waals surface area contributed by atoms with Gasteiger partial charge in [-0.05, 0) is 42.7 Å². The second-order valence-corrected chi connectivity index (χ2v) is 11.5. The van der Waals surface area contributed by atoms with Gasteiger partial charge in [0.2, 0.25) is 15.9 Å². The zero-order valence-corrected chi connectivity index (χ0v) is 21.5. The lowest BCUT2D eigenvalue weighted by atomic mass is 9.78. The Hall–Kier alpha value is -3.30. The molecule has 1 amide bonds. The lowest BCUT2D eigenvalue weighted by Gasteiger charge is -2.42. The molecule has 1 aliphatic heterocycles. The van der Waals surface area contributed by atoms with Crippen molar-refractivity contribution in [3.63, 3.8) is 0 Å². The summed E-state index contributed by atoms with van der Waals surface area (Å²) >= 11 is 0. The number of para-hydroxylation sites is 1. The molecule has 0 unspecified atom stereocenters. The van der Waals surface area contributed by atoms with Crippen molar-refractivity contribution in [3.05, 3.63) is 96.1 Å². The summed E-state index contributed by atoms with van der Waals surface area (Å²) in [5.74, 6) is -1.46. The van der Waals surface area contributed by atoms with Crippen molar-refractivity contribution >= 4 is 15.9 Å². The van der Waals surface area contributed by atoms with Crippen molar-refractivity contribution in [2.75, 3.05) is 26.7 Å². The van der Waals surface area contributed by atoms with Gasteiger partial charge in [-0.2, -0.15) is 4.31 Å². The number of carbonyl (C=O) groups excluding carboxylic acids is 1. The number of hydrogen-bond donors (Lipinski definition) is 0. The van der Waals surface area contributed by atoms with Crippen molar-refractivity contribution < 1.29 is 26.7 Å². The van der Waals surface area contributed by atoms with E-state index < -0.39 is 32.0 Å². The zero-order chi connectivity index (χ0) is 26.5. The highest BCUT2D eigenvalue weighted by molar-refractivity contribution is 7.89. The van der Waals surface area contributed by atoms with Crippen LogP contribution in [0.15, 0.2) is 83.8 Å². The number of sulfonamides is 1. The van der Waals surface area contributed by atoms with E-state index in [9.17, 15) is 22.0 Å². The molecule has 0 radical (unpaired) electrons. The fraction of sp³-hybridized carbons (Fsp3) is 0.321. The average molecular weight is 529 g/mol. The average Bonchev–Trinajstić information content (AvgIpc) is 2.88. The van der Waals surface area contributed by atoms with Crippen LogP contribution in [-0.4, -0.2) is 50.3 Å². The summed E-state index contributed by atoms with van der Waals surface area (Å²) < 4.78 is 61.7. The molecule has 9 heteroatoms. The minimum atomic E-state index is -4.19. The lowest BCUT2D eigenvalue weighted by Crippen LogP contribution is -2.50. The molecule has 1 aliphatic rings. The first kappa shape index (κ1) is 26.8. The van der Waals surface area contributed by atoms with Crippen LogP contribution in [0.4, 0.5) is 8.78 Å². The van der Waals surface area contributed by atoms with Crippen LogP contribution < -0.4 is 4.74 Å². The zero-order valence-electron chi connectivity index (χ0n) is 20.6. The van der Waals surface area contributed by atoms with E-state index in [4.69, 9.17) is 4.74 Å². The normalized spacial score (nSPS) is 18.4. The molecular weight excluding hydrogens is 498 g/mol. The molecular formula is C28H30F2N2O4S. The third-order valence-corrected chi connectivity index (χ3v) is 8.43. The maximum Gasteiger partial charge on any atom is 0.243 e. The molecule has 6 nitrogen and oxygen atoms in total. The lowest BCUT2D eigenvalue weighted by molar-refractivity contribution is -0.134.